The molecule has 0 aliphatic heterocycles. The van der Waals surface area contributed by atoms with Crippen LogP contribution in [-0.2, 0) is 16.0 Å². The second-order valence-corrected chi connectivity index (χ2v) is 3.98. The van der Waals surface area contributed by atoms with Crippen molar-refractivity contribution in [1.82, 2.24) is 5.32 Å². The maximum Gasteiger partial charge on any atom is 0.236 e. The lowest BCUT2D eigenvalue weighted by atomic mass is 9.96. The molecule has 1 aromatic carbocycles. The predicted octanol–water partition coefficient (Wildman–Crippen LogP) is 0.857. The first-order valence-corrected chi connectivity index (χ1v) is 5.73. The molecule has 0 aliphatic rings. The molecule has 0 aliphatic carbocycles. The van der Waals surface area contributed by atoms with Crippen LogP contribution in [0.5, 0.6) is 0 Å². The van der Waals surface area contributed by atoms with Crippen molar-refractivity contribution in [2.75, 3.05) is 6.54 Å². The van der Waals surface area contributed by atoms with Gasteiger partial charge in [-0.3, -0.25) is 9.59 Å². The SMILES string of the molecule is CC[C@@H](Cc1ccccc1)C(=O)NCC(N)=O. The molecule has 4 nitrogen and oxygen atoms in total. The van der Waals surface area contributed by atoms with Crippen LogP contribution in [0, 0.1) is 5.92 Å². The Bertz CT molecular complexity index is 376. The highest BCUT2D eigenvalue weighted by molar-refractivity contribution is 5.85. The fourth-order valence-corrected chi connectivity index (χ4v) is 1.64. The summed E-state index contributed by atoms with van der Waals surface area (Å²) in [5.74, 6) is -0.750. The standard InChI is InChI=1S/C13H18N2O2/c1-2-11(13(17)15-9-12(14)16)8-10-6-4-3-5-7-10/h3-7,11H,2,8-9H2,1H3,(H2,14,16)(H,15,17)/t11-/m0/s1. The molecule has 0 radical (unpaired) electrons. The van der Waals surface area contributed by atoms with Gasteiger partial charge in [-0.15, -0.1) is 0 Å². The van der Waals surface area contributed by atoms with Gasteiger partial charge in [-0.2, -0.15) is 0 Å². The van der Waals surface area contributed by atoms with Gasteiger partial charge in [0.2, 0.25) is 11.8 Å². The molecular weight excluding hydrogens is 216 g/mol. The van der Waals surface area contributed by atoms with Crippen LogP contribution in [0.15, 0.2) is 30.3 Å². The lowest BCUT2D eigenvalue weighted by Crippen LogP contribution is -2.37. The smallest absolute Gasteiger partial charge is 0.236 e. The Morgan fingerprint density at radius 1 is 1.29 bits per heavy atom. The van der Waals surface area contributed by atoms with E-state index in [1.165, 1.54) is 0 Å². The largest absolute Gasteiger partial charge is 0.368 e. The number of benzene rings is 1. The van der Waals surface area contributed by atoms with Gasteiger partial charge < -0.3 is 11.1 Å². The molecule has 1 aromatic rings. The summed E-state index contributed by atoms with van der Waals surface area (Å²) in [5.41, 5.74) is 6.10. The average Bonchev–Trinajstić information content (AvgIpc) is 2.34. The van der Waals surface area contributed by atoms with Crippen molar-refractivity contribution in [3.8, 4) is 0 Å². The van der Waals surface area contributed by atoms with Gasteiger partial charge in [0, 0.05) is 5.92 Å². The normalized spacial score (nSPS) is 11.8. The summed E-state index contributed by atoms with van der Waals surface area (Å²) in [7, 11) is 0. The Morgan fingerprint density at radius 2 is 1.94 bits per heavy atom. The molecule has 0 aromatic heterocycles. The Morgan fingerprint density at radius 3 is 2.47 bits per heavy atom. The van der Waals surface area contributed by atoms with Gasteiger partial charge in [-0.1, -0.05) is 37.3 Å². The van der Waals surface area contributed by atoms with Gasteiger partial charge in [0.1, 0.15) is 0 Å². The molecule has 3 N–H and O–H groups in total. The van der Waals surface area contributed by atoms with E-state index >= 15 is 0 Å². The molecule has 2 amide bonds. The second kappa shape index (κ2) is 6.68. The zero-order valence-corrected chi connectivity index (χ0v) is 9.98. The summed E-state index contributed by atoms with van der Waals surface area (Å²) < 4.78 is 0. The third-order valence-electron chi connectivity index (χ3n) is 2.63. The number of hydrogen-bond acceptors (Lipinski definition) is 2. The minimum absolute atomic E-state index is 0.0931. The van der Waals surface area contributed by atoms with Gasteiger partial charge in [0.05, 0.1) is 6.54 Å². The summed E-state index contributed by atoms with van der Waals surface area (Å²) >= 11 is 0. The lowest BCUT2D eigenvalue weighted by molar-refractivity contribution is -0.127. The first-order chi connectivity index (χ1) is 8.13. The summed E-state index contributed by atoms with van der Waals surface area (Å²) in [6, 6.07) is 9.82. The van der Waals surface area contributed by atoms with Crippen molar-refractivity contribution in [1.29, 1.82) is 0 Å². The summed E-state index contributed by atoms with van der Waals surface area (Å²) in [6.07, 6.45) is 1.42. The fourth-order valence-electron chi connectivity index (χ4n) is 1.64. The number of rotatable bonds is 6. The molecular formula is C13H18N2O2. The summed E-state index contributed by atoms with van der Waals surface area (Å²) in [4.78, 5) is 22.3. The topological polar surface area (TPSA) is 72.2 Å². The molecule has 1 rings (SSSR count). The van der Waals surface area contributed by atoms with Crippen LogP contribution in [-0.4, -0.2) is 18.4 Å². The lowest BCUT2D eigenvalue weighted by Gasteiger charge is -2.14. The van der Waals surface area contributed by atoms with Gasteiger partial charge in [0.15, 0.2) is 0 Å². The number of nitrogens with one attached hydrogen (secondary N) is 1. The molecule has 0 unspecified atom stereocenters. The highest BCUT2D eigenvalue weighted by Gasteiger charge is 2.16. The van der Waals surface area contributed by atoms with Gasteiger partial charge >= 0.3 is 0 Å². The van der Waals surface area contributed by atoms with Gasteiger partial charge in [0.25, 0.3) is 0 Å². The Kier molecular flexibility index (Phi) is 5.20. The van der Waals surface area contributed by atoms with Crippen LogP contribution in [0.2, 0.25) is 0 Å². The quantitative estimate of drug-likeness (QED) is 0.766. The number of primary amides is 1. The van der Waals surface area contributed by atoms with Crippen molar-refractivity contribution < 1.29 is 9.59 Å². The van der Waals surface area contributed by atoms with E-state index in [2.05, 4.69) is 5.32 Å². The zero-order chi connectivity index (χ0) is 12.7. The third-order valence-corrected chi connectivity index (χ3v) is 2.63. The molecule has 0 saturated carbocycles. The van der Waals surface area contributed by atoms with Gasteiger partial charge in [-0.25, -0.2) is 0 Å². The van der Waals surface area contributed by atoms with Crippen LogP contribution in [0.25, 0.3) is 0 Å². The monoisotopic (exact) mass is 234 g/mol. The number of nitrogens with two attached hydrogens (primary N) is 1. The maximum absolute atomic E-state index is 11.8. The van der Waals surface area contributed by atoms with Crippen LogP contribution < -0.4 is 11.1 Å². The number of hydrogen-bond donors (Lipinski definition) is 2. The van der Waals surface area contributed by atoms with Crippen molar-refractivity contribution in [2.45, 2.75) is 19.8 Å². The summed E-state index contributed by atoms with van der Waals surface area (Å²) in [6.45, 7) is 1.86. The molecule has 1 atom stereocenters. The summed E-state index contributed by atoms with van der Waals surface area (Å²) in [5, 5.41) is 2.54. The number of amides is 2. The van der Waals surface area contributed by atoms with E-state index in [0.29, 0.717) is 6.42 Å². The molecule has 0 fully saturated rings. The number of carbonyl (C=O) groups excluding carboxylic acids is 2. The van der Waals surface area contributed by atoms with Crippen molar-refractivity contribution >= 4 is 11.8 Å². The highest BCUT2D eigenvalue weighted by Crippen LogP contribution is 2.12. The van der Waals surface area contributed by atoms with Crippen LogP contribution in [0.1, 0.15) is 18.9 Å². The molecule has 17 heavy (non-hydrogen) atoms. The van der Waals surface area contributed by atoms with E-state index in [1.807, 2.05) is 37.3 Å². The Labute approximate surface area is 101 Å². The number of carbonyl (C=O) groups is 2. The van der Waals surface area contributed by atoms with Crippen molar-refractivity contribution in [3.63, 3.8) is 0 Å². The first kappa shape index (κ1) is 13.2. The third kappa shape index (κ3) is 4.68. The minimum atomic E-state index is -0.520. The Hall–Kier alpha value is -1.84. The van der Waals surface area contributed by atoms with E-state index in [4.69, 9.17) is 5.73 Å². The molecule has 0 spiro atoms. The van der Waals surface area contributed by atoms with E-state index in [1.54, 1.807) is 0 Å². The predicted molar refractivity (Wildman–Crippen MR) is 66.1 cm³/mol. The van der Waals surface area contributed by atoms with Crippen LogP contribution in [0.4, 0.5) is 0 Å². The molecule has 0 bridgehead atoms. The minimum Gasteiger partial charge on any atom is -0.368 e. The maximum atomic E-state index is 11.8. The highest BCUT2D eigenvalue weighted by atomic mass is 16.2. The fraction of sp³-hybridized carbons (Fsp3) is 0.385. The molecule has 0 heterocycles. The molecule has 0 saturated heterocycles. The second-order valence-electron chi connectivity index (χ2n) is 3.98. The van der Waals surface area contributed by atoms with Crippen molar-refractivity contribution in [2.24, 2.45) is 11.7 Å². The molecule has 92 valence electrons. The van der Waals surface area contributed by atoms with Crippen molar-refractivity contribution in [3.05, 3.63) is 35.9 Å². The van der Waals surface area contributed by atoms with E-state index in [9.17, 15) is 9.59 Å². The van der Waals surface area contributed by atoms with E-state index in [0.717, 1.165) is 12.0 Å². The average molecular weight is 234 g/mol. The zero-order valence-electron chi connectivity index (χ0n) is 9.98. The van der Waals surface area contributed by atoms with E-state index in [-0.39, 0.29) is 18.4 Å². The Balaban J connectivity index is 2.53. The molecule has 4 heteroatoms. The van der Waals surface area contributed by atoms with E-state index < -0.39 is 5.91 Å². The first-order valence-electron chi connectivity index (χ1n) is 5.73. The van der Waals surface area contributed by atoms with Crippen LogP contribution >= 0.6 is 0 Å². The van der Waals surface area contributed by atoms with Crippen LogP contribution in [0.3, 0.4) is 0 Å². The van der Waals surface area contributed by atoms with Gasteiger partial charge in [-0.05, 0) is 18.4 Å².